The van der Waals surface area contributed by atoms with Gasteiger partial charge in [-0.3, -0.25) is 4.79 Å². The van der Waals surface area contributed by atoms with E-state index in [0.717, 1.165) is 42.1 Å². The number of hydrogen-bond donors (Lipinski definition) is 2. The summed E-state index contributed by atoms with van der Waals surface area (Å²) in [6.45, 7) is 1.60. The van der Waals surface area contributed by atoms with Gasteiger partial charge in [-0.2, -0.15) is 0 Å². The van der Waals surface area contributed by atoms with E-state index in [-0.39, 0.29) is 16.6 Å². The third kappa shape index (κ3) is 6.78. The lowest BCUT2D eigenvalue weighted by Crippen LogP contribution is -1.88. The third-order valence-electron chi connectivity index (χ3n) is 2.58. The lowest BCUT2D eigenvalue weighted by Gasteiger charge is -2.05. The van der Waals surface area contributed by atoms with Crippen molar-refractivity contribution in [3.63, 3.8) is 0 Å². The quantitative estimate of drug-likeness (QED) is 0.431. The van der Waals surface area contributed by atoms with Crippen LogP contribution in [-0.4, -0.2) is 26.8 Å². The molecule has 3 nitrogen and oxygen atoms in total. The normalized spacial score (nSPS) is 10.6. The fourth-order valence-corrected chi connectivity index (χ4v) is 3.20. The molecule has 1 rings (SSSR count). The van der Waals surface area contributed by atoms with Gasteiger partial charge in [0.05, 0.1) is 4.90 Å². The van der Waals surface area contributed by atoms with Gasteiger partial charge in [0.1, 0.15) is 0 Å². The zero-order valence-corrected chi connectivity index (χ0v) is 12.7. The summed E-state index contributed by atoms with van der Waals surface area (Å²) < 4.78 is 0. The first-order valence-corrected chi connectivity index (χ1v) is 8.35. The second kappa shape index (κ2) is 9.15. The number of hydrogen-bond acceptors (Lipinski definition) is 5. The van der Waals surface area contributed by atoms with Crippen LogP contribution in [0.25, 0.3) is 0 Å². The number of rotatable bonds is 8. The highest BCUT2D eigenvalue weighted by Gasteiger charge is 2.05. The Labute approximate surface area is 122 Å². The lowest BCUT2D eigenvalue weighted by molar-refractivity contribution is -0.109. The summed E-state index contributed by atoms with van der Waals surface area (Å²) in [4.78, 5) is 11.4. The zero-order chi connectivity index (χ0) is 14.1. The number of phenolic OH excluding ortho intramolecular Hbond substituents is 2. The molecule has 0 amide bonds. The number of phenols is 2. The Bertz CT molecular complexity index is 408. The highest BCUT2D eigenvalue weighted by atomic mass is 32.2. The van der Waals surface area contributed by atoms with E-state index in [1.165, 1.54) is 17.8 Å². The Morgan fingerprint density at radius 1 is 1.11 bits per heavy atom. The van der Waals surface area contributed by atoms with Crippen molar-refractivity contribution >= 4 is 28.6 Å². The van der Waals surface area contributed by atoms with E-state index in [4.69, 9.17) is 0 Å². The van der Waals surface area contributed by atoms with Gasteiger partial charge >= 0.3 is 0 Å². The Balaban J connectivity index is 2.08. The second-order valence-corrected chi connectivity index (χ2v) is 6.64. The van der Waals surface area contributed by atoms with Crippen molar-refractivity contribution < 1.29 is 15.0 Å². The van der Waals surface area contributed by atoms with Crippen molar-refractivity contribution in [1.29, 1.82) is 0 Å². The molecule has 0 aliphatic heterocycles. The summed E-state index contributed by atoms with van der Waals surface area (Å²) in [7, 11) is 0. The van der Waals surface area contributed by atoms with Gasteiger partial charge in [0.15, 0.2) is 16.6 Å². The summed E-state index contributed by atoms with van der Waals surface area (Å²) in [5.41, 5.74) is 0. The first-order chi connectivity index (χ1) is 9.11. The maximum Gasteiger partial charge on any atom is 0.185 e. The van der Waals surface area contributed by atoms with Gasteiger partial charge in [-0.25, -0.2) is 0 Å². The van der Waals surface area contributed by atoms with Crippen molar-refractivity contribution in [3.05, 3.63) is 18.2 Å². The molecule has 0 bridgehead atoms. The molecule has 0 unspecified atom stereocenters. The molecule has 0 saturated carbocycles. The molecule has 19 heavy (non-hydrogen) atoms. The molecule has 0 aromatic heterocycles. The highest BCUT2D eigenvalue weighted by Crippen LogP contribution is 2.35. The van der Waals surface area contributed by atoms with Gasteiger partial charge in [-0.15, -0.1) is 11.8 Å². The van der Waals surface area contributed by atoms with Crippen LogP contribution in [0.5, 0.6) is 11.5 Å². The Hall–Kier alpha value is -0.810. The molecule has 0 heterocycles. The first-order valence-electron chi connectivity index (χ1n) is 6.38. The maximum atomic E-state index is 10.7. The number of unbranched alkanes of at least 4 members (excludes halogenated alkanes) is 3. The minimum absolute atomic E-state index is 0.0228. The van der Waals surface area contributed by atoms with Crippen molar-refractivity contribution in [2.45, 2.75) is 37.5 Å². The molecule has 2 N–H and O–H groups in total. The van der Waals surface area contributed by atoms with E-state index in [9.17, 15) is 15.0 Å². The van der Waals surface area contributed by atoms with Gasteiger partial charge in [0.25, 0.3) is 0 Å². The van der Waals surface area contributed by atoms with Crippen molar-refractivity contribution in [1.82, 2.24) is 0 Å². The number of carbonyl (C=O) groups excluding carboxylic acids is 1. The van der Waals surface area contributed by atoms with E-state index in [1.807, 2.05) is 6.07 Å². The standard InChI is InChI=1S/C14H20O3S2/c1-11(15)18-9-4-2-3-5-10-19-13-8-6-7-12(16)14(13)17/h6-8,16-17H,2-5,9-10H2,1H3. The molecule has 0 aliphatic carbocycles. The number of benzene rings is 1. The Morgan fingerprint density at radius 2 is 1.79 bits per heavy atom. The van der Waals surface area contributed by atoms with Crippen LogP contribution in [0.1, 0.15) is 32.6 Å². The fourth-order valence-electron chi connectivity index (χ4n) is 1.58. The van der Waals surface area contributed by atoms with Crippen LogP contribution in [0.15, 0.2) is 23.1 Å². The van der Waals surface area contributed by atoms with Gasteiger partial charge in [0, 0.05) is 12.7 Å². The average molecular weight is 300 g/mol. The summed E-state index contributed by atoms with van der Waals surface area (Å²) in [6.07, 6.45) is 4.41. The smallest absolute Gasteiger partial charge is 0.185 e. The van der Waals surface area contributed by atoms with Crippen LogP contribution >= 0.6 is 23.5 Å². The van der Waals surface area contributed by atoms with Crippen LogP contribution in [0.2, 0.25) is 0 Å². The number of aromatic hydroxyl groups is 2. The van der Waals surface area contributed by atoms with E-state index >= 15 is 0 Å². The van der Waals surface area contributed by atoms with E-state index < -0.39 is 0 Å². The Morgan fingerprint density at radius 3 is 2.47 bits per heavy atom. The van der Waals surface area contributed by atoms with Crippen molar-refractivity contribution in [2.75, 3.05) is 11.5 Å². The molecule has 0 spiro atoms. The molecule has 5 heteroatoms. The predicted molar refractivity (Wildman–Crippen MR) is 82.1 cm³/mol. The minimum atomic E-state index is -0.0637. The molecular formula is C14H20O3S2. The fraction of sp³-hybridized carbons (Fsp3) is 0.500. The van der Waals surface area contributed by atoms with Gasteiger partial charge in [0.2, 0.25) is 0 Å². The van der Waals surface area contributed by atoms with Crippen molar-refractivity contribution in [2.24, 2.45) is 0 Å². The van der Waals surface area contributed by atoms with Crippen molar-refractivity contribution in [3.8, 4) is 11.5 Å². The van der Waals surface area contributed by atoms with Gasteiger partial charge in [-0.05, 0) is 30.7 Å². The predicted octanol–water partition coefficient (Wildman–Crippen LogP) is 4.03. The molecule has 0 atom stereocenters. The summed E-state index contributed by atoms with van der Waals surface area (Å²) >= 11 is 2.95. The van der Waals surface area contributed by atoms with Gasteiger partial charge in [-0.1, -0.05) is 30.7 Å². The molecule has 1 aromatic rings. The van der Waals surface area contributed by atoms with Crippen LogP contribution in [-0.2, 0) is 4.79 Å². The molecule has 0 fully saturated rings. The highest BCUT2D eigenvalue weighted by molar-refractivity contribution is 8.13. The maximum absolute atomic E-state index is 10.7. The largest absolute Gasteiger partial charge is 0.504 e. The van der Waals surface area contributed by atoms with Crippen LogP contribution in [0.4, 0.5) is 0 Å². The number of carbonyl (C=O) groups is 1. The average Bonchev–Trinajstić information content (AvgIpc) is 2.37. The summed E-state index contributed by atoms with van der Waals surface area (Å²) in [5.74, 6) is 1.75. The molecule has 0 radical (unpaired) electrons. The molecule has 0 aliphatic rings. The van der Waals surface area contributed by atoms with E-state index in [0.29, 0.717) is 0 Å². The van der Waals surface area contributed by atoms with Crippen LogP contribution in [0, 0.1) is 0 Å². The number of thioether (sulfide) groups is 2. The lowest BCUT2D eigenvalue weighted by atomic mass is 10.2. The summed E-state index contributed by atoms with van der Waals surface area (Å²) in [5, 5.41) is 19.2. The van der Waals surface area contributed by atoms with Crippen LogP contribution < -0.4 is 0 Å². The monoisotopic (exact) mass is 300 g/mol. The Kier molecular flexibility index (Phi) is 7.82. The first kappa shape index (κ1) is 16.2. The van der Waals surface area contributed by atoms with Crippen LogP contribution in [0.3, 0.4) is 0 Å². The minimum Gasteiger partial charge on any atom is -0.504 e. The molecule has 0 saturated heterocycles. The van der Waals surface area contributed by atoms with E-state index in [2.05, 4.69) is 0 Å². The molecular weight excluding hydrogens is 280 g/mol. The third-order valence-corrected chi connectivity index (χ3v) is 4.61. The molecule has 106 valence electrons. The summed E-state index contributed by atoms with van der Waals surface area (Å²) in [6, 6.07) is 5.02. The van der Waals surface area contributed by atoms with E-state index in [1.54, 1.807) is 24.8 Å². The zero-order valence-electron chi connectivity index (χ0n) is 11.1. The number of para-hydroxylation sites is 1. The topological polar surface area (TPSA) is 57.5 Å². The molecule has 1 aromatic carbocycles. The van der Waals surface area contributed by atoms with Gasteiger partial charge < -0.3 is 10.2 Å². The SMILES string of the molecule is CC(=O)SCCCCCCSc1cccc(O)c1O. The second-order valence-electron chi connectivity index (χ2n) is 4.23.